The lowest BCUT2D eigenvalue weighted by Crippen LogP contribution is -1.97. The van der Waals surface area contributed by atoms with E-state index in [1.165, 1.54) is 10.5 Å². The number of anilines is 2. The maximum absolute atomic E-state index is 4.78. The summed E-state index contributed by atoms with van der Waals surface area (Å²) < 4.78 is 2.03. The molecule has 0 atom stereocenters. The predicted molar refractivity (Wildman–Crippen MR) is 105 cm³/mol. The average molecular weight is 346 g/mol. The summed E-state index contributed by atoms with van der Waals surface area (Å²) in [6.45, 7) is 2.09. The van der Waals surface area contributed by atoms with Gasteiger partial charge in [0.1, 0.15) is 11.5 Å². The summed E-state index contributed by atoms with van der Waals surface area (Å²) in [7, 11) is 0. The second kappa shape index (κ2) is 6.61. The van der Waals surface area contributed by atoms with Gasteiger partial charge in [0.15, 0.2) is 5.65 Å². The van der Waals surface area contributed by atoms with E-state index in [0.717, 1.165) is 28.4 Å². The summed E-state index contributed by atoms with van der Waals surface area (Å²) in [5.41, 5.74) is 5.09. The lowest BCUT2D eigenvalue weighted by atomic mass is 10.1. The number of fused-ring (bicyclic) bond motifs is 1. The monoisotopic (exact) mass is 346 g/mol. The summed E-state index contributed by atoms with van der Waals surface area (Å²) in [6.07, 6.45) is 7.56. The second-order valence-corrected chi connectivity index (χ2v) is 6.71. The lowest BCUT2D eigenvalue weighted by Gasteiger charge is -2.09. The molecule has 0 fully saturated rings. The number of benzene rings is 2. The van der Waals surface area contributed by atoms with Crippen LogP contribution in [0.1, 0.15) is 5.56 Å². The van der Waals surface area contributed by atoms with E-state index in [-0.39, 0.29) is 0 Å². The van der Waals surface area contributed by atoms with E-state index in [4.69, 9.17) is 4.98 Å². The smallest absolute Gasteiger partial charge is 0.157 e. The van der Waals surface area contributed by atoms with E-state index in [9.17, 15) is 0 Å². The van der Waals surface area contributed by atoms with Crippen LogP contribution in [0.15, 0.2) is 72.0 Å². The minimum absolute atomic E-state index is 0.820. The van der Waals surface area contributed by atoms with Crippen molar-refractivity contribution in [1.29, 1.82) is 0 Å². The molecule has 1 N–H and O–H groups in total. The van der Waals surface area contributed by atoms with Crippen LogP contribution >= 0.6 is 11.8 Å². The number of aryl methyl sites for hydroxylation is 1. The van der Waals surface area contributed by atoms with Crippen molar-refractivity contribution in [2.24, 2.45) is 0 Å². The minimum Gasteiger partial charge on any atom is -0.339 e. The van der Waals surface area contributed by atoms with E-state index in [0.29, 0.717) is 0 Å². The quantitative estimate of drug-likeness (QED) is 0.518. The van der Waals surface area contributed by atoms with Crippen LogP contribution in [-0.4, -0.2) is 20.6 Å². The van der Waals surface area contributed by atoms with Gasteiger partial charge in [-0.15, -0.1) is 11.8 Å². The molecule has 124 valence electrons. The summed E-state index contributed by atoms with van der Waals surface area (Å²) in [4.78, 5) is 10.2. The van der Waals surface area contributed by atoms with Gasteiger partial charge in [-0.05, 0) is 37.4 Å². The van der Waals surface area contributed by atoms with Crippen LogP contribution in [0, 0.1) is 6.92 Å². The first-order chi connectivity index (χ1) is 12.2. The first-order valence-electron chi connectivity index (χ1n) is 8.05. The molecule has 0 bridgehead atoms. The fraction of sp³-hybridized carbons (Fsp3) is 0.100. The third-order valence-corrected chi connectivity index (χ3v) is 4.85. The van der Waals surface area contributed by atoms with Crippen LogP contribution in [0.25, 0.3) is 16.9 Å². The van der Waals surface area contributed by atoms with Crippen molar-refractivity contribution in [3.63, 3.8) is 0 Å². The number of imidazole rings is 1. The van der Waals surface area contributed by atoms with Gasteiger partial charge in [-0.25, -0.2) is 4.98 Å². The number of thioether (sulfide) groups is 1. The highest BCUT2D eigenvalue weighted by Gasteiger charge is 2.14. The number of nitrogens with one attached hydrogen (secondary N) is 1. The molecule has 2 heterocycles. The normalized spacial score (nSPS) is 11.0. The van der Waals surface area contributed by atoms with Crippen molar-refractivity contribution in [2.45, 2.75) is 11.8 Å². The highest BCUT2D eigenvalue weighted by atomic mass is 32.2. The van der Waals surface area contributed by atoms with E-state index < -0.39 is 0 Å². The predicted octanol–water partition coefficient (Wildman–Crippen LogP) is 5.17. The van der Waals surface area contributed by atoms with Crippen LogP contribution in [0.4, 0.5) is 11.5 Å². The van der Waals surface area contributed by atoms with Crippen LogP contribution in [-0.2, 0) is 0 Å². The van der Waals surface area contributed by atoms with E-state index in [1.807, 2.05) is 10.6 Å². The Hall–Kier alpha value is -2.79. The zero-order chi connectivity index (χ0) is 17.2. The second-order valence-electron chi connectivity index (χ2n) is 5.83. The van der Waals surface area contributed by atoms with Gasteiger partial charge in [-0.1, -0.05) is 29.8 Å². The van der Waals surface area contributed by atoms with Crippen molar-refractivity contribution < 1.29 is 0 Å². The van der Waals surface area contributed by atoms with Gasteiger partial charge in [-0.3, -0.25) is 9.38 Å². The van der Waals surface area contributed by atoms with Gasteiger partial charge >= 0.3 is 0 Å². The minimum atomic E-state index is 0.820. The van der Waals surface area contributed by atoms with Gasteiger partial charge < -0.3 is 5.32 Å². The molecule has 0 spiro atoms. The molecular formula is C20H18N4S. The van der Waals surface area contributed by atoms with Crippen LogP contribution < -0.4 is 5.32 Å². The first kappa shape index (κ1) is 15.7. The standard InChI is InChI=1S/C20H18N4S/c1-14-3-7-16(8-4-14)22-20-19(15-5-9-17(25-2)10-6-15)23-18-13-21-11-12-24(18)20/h3-13,22H,1-2H3. The number of hydrogen-bond donors (Lipinski definition) is 1. The Morgan fingerprint density at radius 3 is 2.48 bits per heavy atom. The largest absolute Gasteiger partial charge is 0.339 e. The molecule has 0 radical (unpaired) electrons. The van der Waals surface area contributed by atoms with Crippen molar-refractivity contribution in [2.75, 3.05) is 11.6 Å². The molecule has 4 rings (SSSR count). The molecule has 2 aromatic heterocycles. The molecule has 25 heavy (non-hydrogen) atoms. The summed E-state index contributed by atoms with van der Waals surface area (Å²) in [6, 6.07) is 16.8. The Balaban J connectivity index is 1.83. The SMILES string of the molecule is CSc1ccc(-c2nc3cnccn3c2Nc2ccc(C)cc2)cc1. The number of aromatic nitrogens is 3. The van der Waals surface area contributed by atoms with Crippen LogP contribution in [0.2, 0.25) is 0 Å². The molecule has 5 heteroatoms. The van der Waals surface area contributed by atoms with Crippen molar-refractivity contribution >= 4 is 28.9 Å². The topological polar surface area (TPSA) is 42.2 Å². The Morgan fingerprint density at radius 1 is 1.00 bits per heavy atom. The molecule has 0 unspecified atom stereocenters. The third-order valence-electron chi connectivity index (χ3n) is 4.11. The Labute approximate surface area is 151 Å². The fourth-order valence-corrected chi connectivity index (χ4v) is 3.16. The Kier molecular flexibility index (Phi) is 4.15. The van der Waals surface area contributed by atoms with Crippen molar-refractivity contribution in [1.82, 2.24) is 14.4 Å². The first-order valence-corrected chi connectivity index (χ1v) is 9.27. The van der Waals surface area contributed by atoms with Crippen LogP contribution in [0.5, 0.6) is 0 Å². The molecule has 0 aliphatic heterocycles. The van der Waals surface area contributed by atoms with E-state index >= 15 is 0 Å². The molecule has 2 aromatic carbocycles. The molecule has 0 amide bonds. The van der Waals surface area contributed by atoms with Gasteiger partial charge in [0.2, 0.25) is 0 Å². The highest BCUT2D eigenvalue weighted by Crippen LogP contribution is 2.31. The van der Waals surface area contributed by atoms with Crippen LogP contribution in [0.3, 0.4) is 0 Å². The Bertz CT molecular complexity index is 1000. The molecule has 0 saturated carbocycles. The van der Waals surface area contributed by atoms with Gasteiger partial charge in [0.05, 0.1) is 6.20 Å². The number of rotatable bonds is 4. The number of nitrogens with zero attached hydrogens (tertiary/aromatic N) is 3. The van der Waals surface area contributed by atoms with Gasteiger partial charge in [0.25, 0.3) is 0 Å². The number of hydrogen-bond acceptors (Lipinski definition) is 4. The molecule has 0 saturated heterocycles. The summed E-state index contributed by atoms with van der Waals surface area (Å²) in [5, 5.41) is 3.52. The van der Waals surface area contributed by atoms with Crippen molar-refractivity contribution in [3.8, 4) is 11.3 Å². The van der Waals surface area contributed by atoms with Gasteiger partial charge in [0, 0.05) is 28.5 Å². The average Bonchev–Trinajstić information content (AvgIpc) is 3.02. The van der Waals surface area contributed by atoms with E-state index in [1.54, 1.807) is 24.2 Å². The molecule has 4 aromatic rings. The third kappa shape index (κ3) is 3.10. The highest BCUT2D eigenvalue weighted by molar-refractivity contribution is 7.98. The summed E-state index contributed by atoms with van der Waals surface area (Å²) >= 11 is 1.73. The summed E-state index contributed by atoms with van der Waals surface area (Å²) in [5.74, 6) is 0.943. The zero-order valence-electron chi connectivity index (χ0n) is 14.1. The van der Waals surface area contributed by atoms with Crippen molar-refractivity contribution in [3.05, 3.63) is 72.7 Å². The van der Waals surface area contributed by atoms with Gasteiger partial charge in [-0.2, -0.15) is 0 Å². The molecule has 4 nitrogen and oxygen atoms in total. The van der Waals surface area contributed by atoms with E-state index in [2.05, 4.69) is 72.0 Å². The molecule has 0 aliphatic rings. The lowest BCUT2D eigenvalue weighted by molar-refractivity contribution is 1.13. The maximum Gasteiger partial charge on any atom is 0.157 e. The molecule has 0 aliphatic carbocycles. The molecular weight excluding hydrogens is 328 g/mol. The zero-order valence-corrected chi connectivity index (χ0v) is 14.9. The fourth-order valence-electron chi connectivity index (χ4n) is 2.75. The Morgan fingerprint density at radius 2 is 1.76 bits per heavy atom. The maximum atomic E-state index is 4.78.